The summed E-state index contributed by atoms with van der Waals surface area (Å²) in [4.78, 5) is 13.3. The molecular formula is C10H22N2O2. The lowest BCUT2D eigenvalue weighted by Gasteiger charge is -2.22. The van der Waals surface area contributed by atoms with Gasteiger partial charge in [0.1, 0.15) is 6.04 Å². The molecule has 0 spiro atoms. The molecule has 4 heteroatoms. The smallest absolute Gasteiger partial charge is 0.323 e. The SMILES string of the molecule is CCOC(=O)C(C)N(C)CCCNC. The van der Waals surface area contributed by atoms with Crippen LogP contribution in [0.15, 0.2) is 0 Å². The predicted molar refractivity (Wildman–Crippen MR) is 57.3 cm³/mol. The molecule has 0 heterocycles. The van der Waals surface area contributed by atoms with E-state index in [1.807, 2.05) is 32.8 Å². The van der Waals surface area contributed by atoms with E-state index in [9.17, 15) is 4.79 Å². The van der Waals surface area contributed by atoms with E-state index in [1.54, 1.807) is 0 Å². The van der Waals surface area contributed by atoms with Crippen molar-refractivity contribution in [2.75, 3.05) is 33.8 Å². The molecule has 1 N–H and O–H groups in total. The fraction of sp³-hybridized carbons (Fsp3) is 0.900. The molecule has 0 aliphatic carbocycles. The second kappa shape index (κ2) is 7.76. The van der Waals surface area contributed by atoms with Crippen LogP contribution in [-0.2, 0) is 9.53 Å². The maximum atomic E-state index is 11.3. The summed E-state index contributed by atoms with van der Waals surface area (Å²) in [6, 6.07) is -0.146. The van der Waals surface area contributed by atoms with Gasteiger partial charge in [0.05, 0.1) is 6.61 Å². The Hall–Kier alpha value is -0.610. The van der Waals surface area contributed by atoms with Gasteiger partial charge in [-0.1, -0.05) is 0 Å². The van der Waals surface area contributed by atoms with E-state index in [2.05, 4.69) is 5.32 Å². The quantitative estimate of drug-likeness (QED) is 0.481. The molecule has 1 atom stereocenters. The Kier molecular flexibility index (Phi) is 7.42. The van der Waals surface area contributed by atoms with E-state index in [0.717, 1.165) is 19.5 Å². The number of ether oxygens (including phenoxy) is 1. The number of likely N-dealkylation sites (N-methyl/N-ethyl adjacent to an activating group) is 1. The molecule has 0 aromatic rings. The molecule has 4 nitrogen and oxygen atoms in total. The molecule has 0 aromatic heterocycles. The van der Waals surface area contributed by atoms with Crippen LogP contribution in [-0.4, -0.2) is 50.7 Å². The second-order valence-electron chi connectivity index (χ2n) is 3.37. The van der Waals surface area contributed by atoms with Gasteiger partial charge in [0.2, 0.25) is 0 Å². The van der Waals surface area contributed by atoms with Crippen LogP contribution >= 0.6 is 0 Å². The van der Waals surface area contributed by atoms with Crippen molar-refractivity contribution in [2.45, 2.75) is 26.3 Å². The molecule has 0 rings (SSSR count). The summed E-state index contributed by atoms with van der Waals surface area (Å²) in [6.45, 7) is 6.03. The van der Waals surface area contributed by atoms with Gasteiger partial charge in [0.15, 0.2) is 0 Å². The van der Waals surface area contributed by atoms with Gasteiger partial charge in [-0.2, -0.15) is 0 Å². The van der Waals surface area contributed by atoms with Crippen LogP contribution < -0.4 is 5.32 Å². The molecule has 0 radical (unpaired) electrons. The Morgan fingerprint density at radius 1 is 1.57 bits per heavy atom. The van der Waals surface area contributed by atoms with Crippen LogP contribution in [0.2, 0.25) is 0 Å². The first-order chi connectivity index (χ1) is 6.63. The molecule has 0 aliphatic heterocycles. The summed E-state index contributed by atoms with van der Waals surface area (Å²) in [5.41, 5.74) is 0. The number of carbonyl (C=O) groups excluding carboxylic acids is 1. The average Bonchev–Trinajstić information content (AvgIpc) is 2.17. The number of rotatable bonds is 7. The van der Waals surface area contributed by atoms with Crippen molar-refractivity contribution in [1.29, 1.82) is 0 Å². The molecular weight excluding hydrogens is 180 g/mol. The van der Waals surface area contributed by atoms with Crippen LogP contribution in [0.3, 0.4) is 0 Å². The van der Waals surface area contributed by atoms with E-state index in [4.69, 9.17) is 4.74 Å². The van der Waals surface area contributed by atoms with Crippen LogP contribution in [0.5, 0.6) is 0 Å². The largest absolute Gasteiger partial charge is 0.465 e. The molecule has 0 saturated heterocycles. The van der Waals surface area contributed by atoms with E-state index in [0.29, 0.717) is 6.61 Å². The molecule has 0 aromatic carbocycles. The van der Waals surface area contributed by atoms with Crippen molar-refractivity contribution < 1.29 is 9.53 Å². The topological polar surface area (TPSA) is 41.6 Å². The molecule has 0 saturated carbocycles. The summed E-state index contributed by atoms with van der Waals surface area (Å²) in [5.74, 6) is -0.139. The lowest BCUT2D eigenvalue weighted by Crippen LogP contribution is -2.38. The van der Waals surface area contributed by atoms with Crippen LogP contribution in [0.4, 0.5) is 0 Å². The Morgan fingerprint density at radius 2 is 2.21 bits per heavy atom. The van der Waals surface area contributed by atoms with Gasteiger partial charge in [0.25, 0.3) is 0 Å². The lowest BCUT2D eigenvalue weighted by atomic mass is 10.3. The fourth-order valence-corrected chi connectivity index (χ4v) is 1.14. The van der Waals surface area contributed by atoms with Crippen molar-refractivity contribution in [1.82, 2.24) is 10.2 Å². The van der Waals surface area contributed by atoms with Gasteiger partial charge < -0.3 is 10.1 Å². The van der Waals surface area contributed by atoms with Gasteiger partial charge in [-0.05, 0) is 47.5 Å². The molecule has 0 bridgehead atoms. The second-order valence-corrected chi connectivity index (χ2v) is 3.37. The Labute approximate surface area is 86.6 Å². The lowest BCUT2D eigenvalue weighted by molar-refractivity contribution is -0.148. The fourth-order valence-electron chi connectivity index (χ4n) is 1.14. The summed E-state index contributed by atoms with van der Waals surface area (Å²) in [6.07, 6.45) is 1.04. The third-order valence-electron chi connectivity index (χ3n) is 2.23. The van der Waals surface area contributed by atoms with Crippen LogP contribution in [0, 0.1) is 0 Å². The highest BCUT2D eigenvalue weighted by Gasteiger charge is 2.18. The normalized spacial score (nSPS) is 12.9. The number of hydrogen-bond acceptors (Lipinski definition) is 4. The number of hydrogen-bond donors (Lipinski definition) is 1. The van der Waals surface area contributed by atoms with Gasteiger partial charge in [0, 0.05) is 0 Å². The Balaban J connectivity index is 3.74. The number of esters is 1. The average molecular weight is 202 g/mol. The van der Waals surface area contributed by atoms with Gasteiger partial charge in [-0.25, -0.2) is 0 Å². The number of nitrogens with one attached hydrogen (secondary N) is 1. The zero-order chi connectivity index (χ0) is 11.0. The minimum atomic E-state index is -0.146. The van der Waals surface area contributed by atoms with E-state index in [-0.39, 0.29) is 12.0 Å². The molecule has 0 aliphatic rings. The van der Waals surface area contributed by atoms with Crippen LogP contribution in [0.25, 0.3) is 0 Å². The third-order valence-corrected chi connectivity index (χ3v) is 2.23. The highest BCUT2D eigenvalue weighted by Crippen LogP contribution is 1.99. The van der Waals surface area contributed by atoms with Crippen molar-refractivity contribution in [2.24, 2.45) is 0 Å². The predicted octanol–water partition coefficient (Wildman–Crippen LogP) is 0.479. The zero-order valence-electron chi connectivity index (χ0n) is 9.67. The highest BCUT2D eigenvalue weighted by molar-refractivity contribution is 5.75. The third kappa shape index (κ3) is 5.19. The Morgan fingerprint density at radius 3 is 2.71 bits per heavy atom. The number of nitrogens with zero attached hydrogens (tertiary/aromatic N) is 1. The number of carbonyl (C=O) groups is 1. The first-order valence-electron chi connectivity index (χ1n) is 5.15. The summed E-state index contributed by atoms with van der Waals surface area (Å²) < 4.78 is 4.93. The molecule has 84 valence electrons. The molecule has 0 amide bonds. The highest BCUT2D eigenvalue weighted by atomic mass is 16.5. The van der Waals surface area contributed by atoms with Gasteiger partial charge in [-0.15, -0.1) is 0 Å². The molecule has 14 heavy (non-hydrogen) atoms. The Bertz CT molecular complexity index is 162. The van der Waals surface area contributed by atoms with Crippen molar-refractivity contribution >= 4 is 5.97 Å². The maximum Gasteiger partial charge on any atom is 0.323 e. The van der Waals surface area contributed by atoms with Crippen LogP contribution in [0.1, 0.15) is 20.3 Å². The summed E-state index contributed by atoms with van der Waals surface area (Å²) >= 11 is 0. The molecule has 1 unspecified atom stereocenters. The van der Waals surface area contributed by atoms with Crippen molar-refractivity contribution in [3.05, 3.63) is 0 Å². The minimum Gasteiger partial charge on any atom is -0.465 e. The van der Waals surface area contributed by atoms with E-state index < -0.39 is 0 Å². The summed E-state index contributed by atoms with van der Waals surface area (Å²) in [7, 11) is 3.87. The first-order valence-corrected chi connectivity index (χ1v) is 5.15. The first kappa shape index (κ1) is 13.4. The minimum absolute atomic E-state index is 0.139. The van der Waals surface area contributed by atoms with E-state index in [1.165, 1.54) is 0 Å². The van der Waals surface area contributed by atoms with Crippen molar-refractivity contribution in [3.63, 3.8) is 0 Å². The summed E-state index contributed by atoms with van der Waals surface area (Å²) in [5, 5.41) is 3.07. The standard InChI is InChI=1S/C10H22N2O2/c1-5-14-10(13)9(2)12(4)8-6-7-11-3/h9,11H,5-8H2,1-4H3. The van der Waals surface area contributed by atoms with Gasteiger partial charge >= 0.3 is 5.97 Å². The maximum absolute atomic E-state index is 11.3. The van der Waals surface area contributed by atoms with E-state index >= 15 is 0 Å². The molecule has 0 fully saturated rings. The van der Waals surface area contributed by atoms with Crippen molar-refractivity contribution in [3.8, 4) is 0 Å². The zero-order valence-corrected chi connectivity index (χ0v) is 9.67. The monoisotopic (exact) mass is 202 g/mol. The van der Waals surface area contributed by atoms with Gasteiger partial charge in [-0.3, -0.25) is 9.69 Å².